The summed E-state index contributed by atoms with van der Waals surface area (Å²) < 4.78 is 121. The van der Waals surface area contributed by atoms with Crippen LogP contribution >= 0.6 is 0 Å². The lowest BCUT2D eigenvalue weighted by molar-refractivity contribution is -0.136. The molecule has 0 aromatic heterocycles. The summed E-state index contributed by atoms with van der Waals surface area (Å²) in [5.74, 6) is -25.1. The van der Waals surface area contributed by atoms with Gasteiger partial charge in [0.25, 0.3) is 0 Å². The molecule has 0 saturated carbocycles. The van der Waals surface area contributed by atoms with Gasteiger partial charge in [0.05, 0.1) is 12.0 Å². The second-order valence-corrected chi connectivity index (χ2v) is 4.62. The van der Waals surface area contributed by atoms with Crippen LogP contribution in [0.3, 0.4) is 0 Å². The fourth-order valence-corrected chi connectivity index (χ4v) is 2.08. The number of hydrogen-bond acceptors (Lipinski definition) is 1. The molecule has 0 aliphatic heterocycles. The van der Waals surface area contributed by atoms with Crippen molar-refractivity contribution in [2.45, 2.75) is 6.42 Å². The zero-order valence-corrected chi connectivity index (χ0v) is 11.5. The molecule has 2 rings (SSSR count). The first-order valence-corrected chi connectivity index (χ1v) is 6.09. The van der Waals surface area contributed by atoms with Gasteiger partial charge in [-0.15, -0.1) is 0 Å². The van der Waals surface area contributed by atoms with E-state index in [9.17, 15) is 44.3 Å². The molecule has 0 spiro atoms. The predicted octanol–water partition coefficient (Wildman–Crippen LogP) is 4.23. The van der Waals surface area contributed by atoms with Crippen LogP contribution in [-0.2, 0) is 11.2 Å². The molecule has 0 unspecified atom stereocenters. The maximum absolute atomic E-state index is 13.9. The number of hydrogen-bond donors (Lipinski definition) is 1. The maximum Gasteiger partial charge on any atom is 0.307 e. The molecule has 134 valence electrons. The average molecular weight is 374 g/mol. The lowest BCUT2D eigenvalue weighted by Gasteiger charge is -2.15. The van der Waals surface area contributed by atoms with Crippen molar-refractivity contribution < 1.29 is 49.4 Å². The Kier molecular flexibility index (Phi) is 4.69. The first-order valence-electron chi connectivity index (χ1n) is 6.09. The number of aliphatic carboxylic acids is 1. The molecule has 0 saturated heterocycles. The highest BCUT2D eigenvalue weighted by atomic mass is 19.2. The Balaban J connectivity index is 3.06. The smallest absolute Gasteiger partial charge is 0.307 e. The summed E-state index contributed by atoms with van der Waals surface area (Å²) in [5.41, 5.74) is -5.68. The molecule has 25 heavy (non-hydrogen) atoms. The number of carboxylic acid groups (broad SMARTS) is 1. The van der Waals surface area contributed by atoms with Crippen molar-refractivity contribution in [1.82, 2.24) is 0 Å². The highest BCUT2D eigenvalue weighted by Gasteiger charge is 2.34. The number of halogens is 9. The Bertz CT molecular complexity index is 879. The van der Waals surface area contributed by atoms with Crippen molar-refractivity contribution >= 4 is 5.97 Å². The predicted molar refractivity (Wildman–Crippen MR) is 62.8 cm³/mol. The second-order valence-electron chi connectivity index (χ2n) is 4.62. The van der Waals surface area contributed by atoms with Crippen LogP contribution in [0.4, 0.5) is 39.5 Å². The lowest BCUT2D eigenvalue weighted by Crippen LogP contribution is -2.13. The first-order chi connectivity index (χ1) is 11.5. The van der Waals surface area contributed by atoms with Gasteiger partial charge in [-0.25, -0.2) is 39.5 Å². The molecule has 0 amide bonds. The van der Waals surface area contributed by atoms with Gasteiger partial charge in [-0.05, 0) is 0 Å². The summed E-state index contributed by atoms with van der Waals surface area (Å²) >= 11 is 0. The van der Waals surface area contributed by atoms with Gasteiger partial charge in [-0.3, -0.25) is 4.79 Å². The van der Waals surface area contributed by atoms with E-state index >= 15 is 0 Å². The van der Waals surface area contributed by atoms with Crippen molar-refractivity contribution in [2.75, 3.05) is 0 Å². The van der Waals surface area contributed by atoms with E-state index in [0.717, 1.165) is 0 Å². The van der Waals surface area contributed by atoms with Crippen molar-refractivity contribution in [1.29, 1.82) is 0 Å². The summed E-state index contributed by atoms with van der Waals surface area (Å²) in [7, 11) is 0. The third-order valence-electron chi connectivity index (χ3n) is 3.15. The summed E-state index contributed by atoms with van der Waals surface area (Å²) in [4.78, 5) is 10.7. The van der Waals surface area contributed by atoms with Crippen molar-refractivity contribution in [3.8, 4) is 11.1 Å². The molecule has 1 N–H and O–H groups in total. The van der Waals surface area contributed by atoms with Gasteiger partial charge in [0, 0.05) is 11.1 Å². The Labute approximate surface area is 132 Å². The van der Waals surface area contributed by atoms with Gasteiger partial charge in [-0.2, -0.15) is 0 Å². The molecule has 0 atom stereocenters. The molecule has 0 aliphatic carbocycles. The van der Waals surface area contributed by atoms with Gasteiger partial charge in [0.1, 0.15) is 0 Å². The molecule has 11 heteroatoms. The third-order valence-corrected chi connectivity index (χ3v) is 3.15. The minimum atomic E-state index is -2.65. The summed E-state index contributed by atoms with van der Waals surface area (Å²) in [5, 5.41) is 8.60. The molecule has 0 fully saturated rings. The van der Waals surface area contributed by atoms with Crippen LogP contribution in [0.25, 0.3) is 11.1 Å². The second kappa shape index (κ2) is 6.30. The summed E-state index contributed by atoms with van der Waals surface area (Å²) in [6.07, 6.45) is -1.63. The SMILES string of the molecule is O=C(O)Cc1c(F)c(F)c(F)c(F)c1-c1c(F)c(F)c(F)c(F)c1F. The normalized spacial score (nSPS) is 11.1. The first kappa shape index (κ1) is 18.6. The fourth-order valence-electron chi connectivity index (χ4n) is 2.08. The molecule has 2 aromatic carbocycles. The van der Waals surface area contributed by atoms with E-state index in [4.69, 9.17) is 5.11 Å². The van der Waals surface area contributed by atoms with Crippen LogP contribution in [0.5, 0.6) is 0 Å². The van der Waals surface area contributed by atoms with Crippen molar-refractivity contribution in [2.24, 2.45) is 0 Å². The number of rotatable bonds is 3. The Morgan fingerprint density at radius 3 is 1.28 bits per heavy atom. The molecule has 0 aliphatic rings. The molecule has 0 bridgehead atoms. The standard InChI is InChI=1S/C14H3F9O2/c15-6-2(1-3(24)25)4(7(16)11(20)10(6)19)5-8(17)12(21)14(23)13(22)9(5)18/h1H2,(H,24,25). The van der Waals surface area contributed by atoms with Crippen LogP contribution in [0.1, 0.15) is 5.56 Å². The van der Waals surface area contributed by atoms with E-state index in [0.29, 0.717) is 0 Å². The highest BCUT2D eigenvalue weighted by Crippen LogP contribution is 2.38. The molecular weight excluding hydrogens is 371 g/mol. The van der Waals surface area contributed by atoms with Gasteiger partial charge in [-0.1, -0.05) is 0 Å². The number of carboxylic acids is 1. The lowest BCUT2D eigenvalue weighted by atomic mass is 9.94. The zero-order chi connectivity index (χ0) is 19.2. The molecule has 2 nitrogen and oxygen atoms in total. The van der Waals surface area contributed by atoms with Gasteiger partial charge < -0.3 is 5.11 Å². The van der Waals surface area contributed by atoms with E-state index in [-0.39, 0.29) is 0 Å². The Morgan fingerprint density at radius 2 is 0.880 bits per heavy atom. The summed E-state index contributed by atoms with van der Waals surface area (Å²) in [6, 6.07) is 0. The van der Waals surface area contributed by atoms with Gasteiger partial charge in [0.15, 0.2) is 46.5 Å². The third kappa shape index (κ3) is 2.79. The average Bonchev–Trinajstić information content (AvgIpc) is 2.56. The maximum atomic E-state index is 13.9. The van der Waals surface area contributed by atoms with Crippen LogP contribution in [0.2, 0.25) is 0 Å². The van der Waals surface area contributed by atoms with Crippen molar-refractivity contribution in [3.63, 3.8) is 0 Å². The van der Waals surface area contributed by atoms with Crippen molar-refractivity contribution in [3.05, 3.63) is 57.9 Å². The molecule has 0 radical (unpaired) electrons. The quantitative estimate of drug-likeness (QED) is 0.496. The Hall–Kier alpha value is -2.72. The van der Waals surface area contributed by atoms with E-state index in [1.54, 1.807) is 0 Å². The fraction of sp³-hybridized carbons (Fsp3) is 0.0714. The van der Waals surface area contributed by atoms with E-state index in [1.165, 1.54) is 0 Å². The van der Waals surface area contributed by atoms with E-state index < -0.39 is 81.4 Å². The summed E-state index contributed by atoms with van der Waals surface area (Å²) in [6.45, 7) is 0. The van der Waals surface area contributed by atoms with E-state index in [2.05, 4.69) is 0 Å². The van der Waals surface area contributed by atoms with E-state index in [1.807, 2.05) is 0 Å². The van der Waals surface area contributed by atoms with Gasteiger partial charge in [0.2, 0.25) is 5.82 Å². The molecule has 2 aromatic rings. The highest BCUT2D eigenvalue weighted by molar-refractivity contribution is 5.78. The number of benzene rings is 2. The van der Waals surface area contributed by atoms with Crippen LogP contribution in [0, 0.1) is 52.4 Å². The topological polar surface area (TPSA) is 37.3 Å². The molecular formula is C14H3F9O2. The minimum absolute atomic E-state index is 1.63. The zero-order valence-electron chi connectivity index (χ0n) is 11.5. The number of carbonyl (C=O) groups is 1. The molecule has 0 heterocycles. The minimum Gasteiger partial charge on any atom is -0.481 e. The largest absolute Gasteiger partial charge is 0.481 e. The monoisotopic (exact) mass is 374 g/mol. The van der Waals surface area contributed by atoms with Gasteiger partial charge >= 0.3 is 5.97 Å². The van der Waals surface area contributed by atoms with Crippen LogP contribution < -0.4 is 0 Å². The Morgan fingerprint density at radius 1 is 0.560 bits per heavy atom. The van der Waals surface area contributed by atoms with Crippen LogP contribution in [-0.4, -0.2) is 11.1 Å². The van der Waals surface area contributed by atoms with Crippen LogP contribution in [0.15, 0.2) is 0 Å².